The molecule has 4 aromatic rings. The van der Waals surface area contributed by atoms with E-state index in [4.69, 9.17) is 4.74 Å². The second kappa shape index (κ2) is 7.61. The normalized spacial score (nSPS) is 10.6. The van der Waals surface area contributed by atoms with E-state index in [9.17, 15) is 9.18 Å². The van der Waals surface area contributed by atoms with Gasteiger partial charge in [-0.1, -0.05) is 18.2 Å². The fourth-order valence-corrected chi connectivity index (χ4v) is 3.37. The molecule has 6 nitrogen and oxygen atoms in total. The van der Waals surface area contributed by atoms with Gasteiger partial charge in [-0.15, -0.1) is 16.4 Å². The number of carbonyl (C=O) groups excluding carboxylic acids is 1. The molecule has 0 fully saturated rings. The summed E-state index contributed by atoms with van der Waals surface area (Å²) in [5.74, 6) is -0.219. The Morgan fingerprint density at radius 1 is 1.14 bits per heavy atom. The summed E-state index contributed by atoms with van der Waals surface area (Å²) in [5, 5.41) is 9.10. The van der Waals surface area contributed by atoms with Gasteiger partial charge in [0.05, 0.1) is 17.7 Å². The van der Waals surface area contributed by atoms with Crippen molar-refractivity contribution < 1.29 is 13.9 Å². The fraction of sp³-hybridized carbons (Fsp3) is 0.0500. The molecule has 2 heterocycles. The van der Waals surface area contributed by atoms with E-state index in [0.29, 0.717) is 17.2 Å². The number of hydrogen-bond donors (Lipinski definition) is 1. The highest BCUT2D eigenvalue weighted by molar-refractivity contribution is 7.13. The van der Waals surface area contributed by atoms with Crippen molar-refractivity contribution in [1.29, 1.82) is 0 Å². The largest absolute Gasteiger partial charge is 0.466 e. The average molecular weight is 394 g/mol. The smallest absolute Gasteiger partial charge is 0.336 e. The van der Waals surface area contributed by atoms with Gasteiger partial charge in [-0.25, -0.2) is 9.07 Å². The molecule has 0 aliphatic rings. The highest BCUT2D eigenvalue weighted by Gasteiger charge is 2.15. The van der Waals surface area contributed by atoms with Crippen molar-refractivity contribution in [3.8, 4) is 22.4 Å². The van der Waals surface area contributed by atoms with Gasteiger partial charge >= 0.3 is 6.01 Å². The predicted octanol–water partition coefficient (Wildman–Crippen LogP) is 4.40. The molecule has 0 radical (unpaired) electrons. The first-order chi connectivity index (χ1) is 13.6. The van der Waals surface area contributed by atoms with Crippen molar-refractivity contribution in [2.45, 2.75) is 0 Å². The molecule has 0 saturated carbocycles. The molecule has 0 bridgehead atoms. The average Bonchev–Trinajstić information content (AvgIpc) is 3.37. The predicted molar refractivity (Wildman–Crippen MR) is 106 cm³/mol. The Balaban J connectivity index is 1.66. The van der Waals surface area contributed by atoms with Crippen LogP contribution in [0.5, 0.6) is 6.01 Å². The number of aromatic nitrogens is 3. The lowest BCUT2D eigenvalue weighted by atomic mass is 10.2. The van der Waals surface area contributed by atoms with Crippen molar-refractivity contribution >= 4 is 22.9 Å². The van der Waals surface area contributed by atoms with Crippen LogP contribution in [0.3, 0.4) is 0 Å². The van der Waals surface area contributed by atoms with Crippen molar-refractivity contribution in [2.75, 3.05) is 12.4 Å². The summed E-state index contributed by atoms with van der Waals surface area (Å²) in [6, 6.07) is 16.8. The molecule has 4 rings (SSSR count). The molecular formula is C20H15FN4O2S. The van der Waals surface area contributed by atoms with E-state index in [1.54, 1.807) is 28.9 Å². The number of benzene rings is 2. The van der Waals surface area contributed by atoms with Gasteiger partial charge in [-0.2, -0.15) is 4.98 Å². The topological polar surface area (TPSA) is 69.0 Å². The lowest BCUT2D eigenvalue weighted by Gasteiger charge is -2.09. The van der Waals surface area contributed by atoms with Gasteiger partial charge in [-0.3, -0.25) is 4.79 Å². The van der Waals surface area contributed by atoms with E-state index in [1.807, 2.05) is 23.6 Å². The van der Waals surface area contributed by atoms with Crippen LogP contribution in [0.1, 0.15) is 10.4 Å². The molecule has 0 aliphatic heterocycles. The van der Waals surface area contributed by atoms with E-state index in [0.717, 1.165) is 4.88 Å². The monoisotopic (exact) mass is 394 g/mol. The molecule has 1 N–H and O–H groups in total. The highest BCUT2D eigenvalue weighted by Crippen LogP contribution is 2.28. The van der Waals surface area contributed by atoms with Gasteiger partial charge in [0.1, 0.15) is 5.82 Å². The molecule has 28 heavy (non-hydrogen) atoms. The number of thiophene rings is 1. The maximum absolute atomic E-state index is 13.4. The minimum Gasteiger partial charge on any atom is -0.466 e. The molecule has 140 valence electrons. The fourth-order valence-electron chi connectivity index (χ4n) is 2.67. The van der Waals surface area contributed by atoms with Crippen LogP contribution in [0, 0.1) is 5.82 Å². The third kappa shape index (κ3) is 3.63. The van der Waals surface area contributed by atoms with Crippen LogP contribution in [0.2, 0.25) is 0 Å². The SMILES string of the molecule is COc1nc(-c2cccs2)n(-c2cccc(NC(=O)c3cccc(F)c3)c2)n1. The number of hydrogen-bond acceptors (Lipinski definition) is 5. The molecule has 2 aromatic carbocycles. The molecule has 8 heteroatoms. The molecule has 0 aliphatic carbocycles. The second-order valence-corrected chi connectivity index (χ2v) is 6.77. The molecule has 1 amide bonds. The summed E-state index contributed by atoms with van der Waals surface area (Å²) in [5.41, 5.74) is 1.50. The number of nitrogens with one attached hydrogen (secondary N) is 1. The van der Waals surface area contributed by atoms with Crippen LogP contribution in [0.4, 0.5) is 10.1 Å². The van der Waals surface area contributed by atoms with E-state index >= 15 is 0 Å². The molecule has 0 saturated heterocycles. The van der Waals surface area contributed by atoms with Gasteiger partial charge in [-0.05, 0) is 47.8 Å². The first kappa shape index (κ1) is 17.9. The third-order valence-electron chi connectivity index (χ3n) is 3.95. The van der Waals surface area contributed by atoms with Crippen LogP contribution >= 0.6 is 11.3 Å². The first-order valence-corrected chi connectivity index (χ1v) is 9.24. The molecule has 0 spiro atoms. The first-order valence-electron chi connectivity index (χ1n) is 8.36. The Morgan fingerprint density at radius 2 is 2.00 bits per heavy atom. The maximum atomic E-state index is 13.4. The van der Waals surface area contributed by atoms with Gasteiger partial charge in [0.25, 0.3) is 5.91 Å². The maximum Gasteiger partial charge on any atom is 0.336 e. The van der Waals surface area contributed by atoms with Gasteiger partial charge in [0.15, 0.2) is 5.82 Å². The lowest BCUT2D eigenvalue weighted by molar-refractivity contribution is 0.102. The minimum atomic E-state index is -0.461. The number of methoxy groups -OCH3 is 1. The van der Waals surface area contributed by atoms with Gasteiger partial charge < -0.3 is 10.1 Å². The van der Waals surface area contributed by atoms with Crippen LogP contribution in [0.25, 0.3) is 16.4 Å². The van der Waals surface area contributed by atoms with E-state index < -0.39 is 11.7 Å². The lowest BCUT2D eigenvalue weighted by Crippen LogP contribution is -2.12. The summed E-state index contributed by atoms with van der Waals surface area (Å²) in [6.07, 6.45) is 0. The zero-order chi connectivity index (χ0) is 19.5. The summed E-state index contributed by atoms with van der Waals surface area (Å²) >= 11 is 1.54. The number of rotatable bonds is 5. The Labute approximate surface area is 164 Å². The number of nitrogens with zero attached hydrogens (tertiary/aromatic N) is 3. The zero-order valence-corrected chi connectivity index (χ0v) is 15.6. The zero-order valence-electron chi connectivity index (χ0n) is 14.8. The van der Waals surface area contributed by atoms with E-state index in [2.05, 4.69) is 15.4 Å². The number of anilines is 1. The van der Waals surface area contributed by atoms with Crippen LogP contribution in [-0.2, 0) is 0 Å². The summed E-state index contributed by atoms with van der Waals surface area (Å²) in [4.78, 5) is 17.7. The Morgan fingerprint density at radius 3 is 2.75 bits per heavy atom. The minimum absolute atomic E-state index is 0.243. The molecule has 0 unspecified atom stereocenters. The van der Waals surface area contributed by atoms with Crippen LogP contribution in [0.15, 0.2) is 66.0 Å². The van der Waals surface area contributed by atoms with Gasteiger partial charge in [0, 0.05) is 11.3 Å². The molecule has 0 atom stereocenters. The Hall–Kier alpha value is -3.52. The van der Waals surface area contributed by atoms with Crippen molar-refractivity contribution in [1.82, 2.24) is 14.8 Å². The van der Waals surface area contributed by atoms with Crippen molar-refractivity contribution in [2.24, 2.45) is 0 Å². The number of halogens is 1. The number of amides is 1. The Kier molecular flexibility index (Phi) is 4.86. The second-order valence-electron chi connectivity index (χ2n) is 5.83. The van der Waals surface area contributed by atoms with E-state index in [-0.39, 0.29) is 11.6 Å². The summed E-state index contributed by atoms with van der Waals surface area (Å²) in [7, 11) is 1.51. The third-order valence-corrected chi connectivity index (χ3v) is 4.81. The van der Waals surface area contributed by atoms with Crippen LogP contribution < -0.4 is 10.1 Å². The summed E-state index contributed by atoms with van der Waals surface area (Å²) in [6.45, 7) is 0. The van der Waals surface area contributed by atoms with Crippen molar-refractivity contribution in [3.63, 3.8) is 0 Å². The number of carbonyl (C=O) groups is 1. The molecule has 2 aromatic heterocycles. The van der Waals surface area contributed by atoms with Gasteiger partial charge in [0.2, 0.25) is 0 Å². The number of ether oxygens (including phenoxy) is 1. The van der Waals surface area contributed by atoms with Crippen LogP contribution in [-0.4, -0.2) is 27.8 Å². The van der Waals surface area contributed by atoms with Crippen molar-refractivity contribution in [3.05, 3.63) is 77.4 Å². The standard InChI is InChI=1S/C20H15FN4O2S/c1-27-20-23-18(17-9-4-10-28-17)25(24-20)16-8-3-7-15(12-16)22-19(26)13-5-2-6-14(21)11-13/h2-12H,1H3,(H,22,26). The quantitative estimate of drug-likeness (QED) is 0.545. The Bertz CT molecular complexity index is 1120. The summed E-state index contributed by atoms with van der Waals surface area (Å²) < 4.78 is 20.2. The highest BCUT2D eigenvalue weighted by atomic mass is 32.1. The molecular weight excluding hydrogens is 379 g/mol. The van der Waals surface area contributed by atoms with E-state index in [1.165, 1.54) is 36.6 Å².